The zero-order valence-corrected chi connectivity index (χ0v) is 9.45. The van der Waals surface area contributed by atoms with Gasteiger partial charge in [0, 0.05) is 12.3 Å². The third-order valence-corrected chi connectivity index (χ3v) is 3.80. The minimum Gasteiger partial charge on any atom is -0.346 e. The number of carbonyl (C=O) groups is 2. The molecule has 0 aliphatic heterocycles. The fourth-order valence-electron chi connectivity index (χ4n) is 2.65. The van der Waals surface area contributed by atoms with Crippen LogP contribution in [0.15, 0.2) is 0 Å². The molecule has 3 atom stereocenters. The van der Waals surface area contributed by atoms with Gasteiger partial charge in [0.15, 0.2) is 5.78 Å². The maximum absolute atomic E-state index is 11.8. The van der Waals surface area contributed by atoms with Crippen LogP contribution in [-0.2, 0) is 9.59 Å². The number of fused-ring (bicyclic) bond motifs is 1. The first-order valence-corrected chi connectivity index (χ1v) is 5.95. The van der Waals surface area contributed by atoms with Gasteiger partial charge in [0.05, 0.1) is 6.04 Å². The summed E-state index contributed by atoms with van der Waals surface area (Å²) in [7, 11) is 0. The lowest BCUT2D eigenvalue weighted by atomic mass is 10.0. The van der Waals surface area contributed by atoms with E-state index in [4.69, 9.17) is 0 Å². The summed E-state index contributed by atoms with van der Waals surface area (Å²) in [4.78, 5) is 23.1. The Balaban J connectivity index is 1.79. The monoisotopic (exact) mass is 209 g/mol. The first-order chi connectivity index (χ1) is 7.11. The average molecular weight is 209 g/mol. The van der Waals surface area contributed by atoms with Crippen molar-refractivity contribution in [1.82, 2.24) is 5.32 Å². The van der Waals surface area contributed by atoms with E-state index in [0.29, 0.717) is 6.42 Å². The lowest BCUT2D eigenvalue weighted by molar-refractivity contribution is -0.129. The van der Waals surface area contributed by atoms with Gasteiger partial charge in [-0.2, -0.15) is 0 Å². The molecule has 2 rings (SSSR count). The van der Waals surface area contributed by atoms with Gasteiger partial charge in [0.25, 0.3) is 0 Å². The fraction of sp³-hybridized carbons (Fsp3) is 0.833. The number of rotatable bonds is 4. The molecule has 0 spiro atoms. The van der Waals surface area contributed by atoms with E-state index in [1.54, 1.807) is 6.92 Å². The third-order valence-electron chi connectivity index (χ3n) is 3.80. The Hall–Kier alpha value is -0.860. The van der Waals surface area contributed by atoms with E-state index in [0.717, 1.165) is 24.7 Å². The quantitative estimate of drug-likeness (QED) is 0.763. The van der Waals surface area contributed by atoms with E-state index < -0.39 is 0 Å². The van der Waals surface area contributed by atoms with Crippen molar-refractivity contribution < 1.29 is 9.59 Å². The lowest BCUT2D eigenvalue weighted by Gasteiger charge is -2.16. The van der Waals surface area contributed by atoms with Crippen molar-refractivity contribution in [1.29, 1.82) is 0 Å². The Kier molecular flexibility index (Phi) is 2.81. The second-order valence-electron chi connectivity index (χ2n) is 4.97. The van der Waals surface area contributed by atoms with Crippen LogP contribution in [-0.4, -0.2) is 17.7 Å². The molecule has 0 aromatic heterocycles. The molecule has 84 valence electrons. The summed E-state index contributed by atoms with van der Waals surface area (Å²) < 4.78 is 0. The van der Waals surface area contributed by atoms with Crippen molar-refractivity contribution in [2.24, 2.45) is 17.8 Å². The van der Waals surface area contributed by atoms with Crippen LogP contribution in [0.2, 0.25) is 0 Å². The molecule has 1 amide bonds. The molecule has 2 aliphatic rings. The Morgan fingerprint density at radius 3 is 2.40 bits per heavy atom. The second-order valence-corrected chi connectivity index (χ2v) is 4.97. The van der Waals surface area contributed by atoms with Crippen LogP contribution in [0.5, 0.6) is 0 Å². The molecule has 3 heteroatoms. The Morgan fingerprint density at radius 1 is 1.27 bits per heavy atom. The largest absolute Gasteiger partial charge is 0.346 e. The zero-order chi connectivity index (χ0) is 11.0. The number of amides is 1. The van der Waals surface area contributed by atoms with Gasteiger partial charge in [-0.15, -0.1) is 0 Å². The third kappa shape index (κ3) is 2.21. The number of carbonyl (C=O) groups excluding carboxylic acids is 2. The molecule has 0 saturated heterocycles. The van der Waals surface area contributed by atoms with Crippen LogP contribution in [0.3, 0.4) is 0 Å². The predicted octanol–water partition coefficient (Wildman–Crippen LogP) is 1.52. The van der Waals surface area contributed by atoms with Crippen LogP contribution >= 0.6 is 0 Å². The van der Waals surface area contributed by atoms with Gasteiger partial charge in [0.1, 0.15) is 0 Å². The predicted molar refractivity (Wildman–Crippen MR) is 57.2 cm³/mol. The standard InChI is InChI=1S/C12H19NO2/c1-3-11(14)7(2)13-12(15)10-5-8-4-9(8)6-10/h7-10H,3-6H2,1-2H3,(H,13,15). The Morgan fingerprint density at radius 2 is 1.87 bits per heavy atom. The molecule has 0 bridgehead atoms. The van der Waals surface area contributed by atoms with Gasteiger partial charge in [-0.3, -0.25) is 9.59 Å². The molecule has 0 aromatic rings. The van der Waals surface area contributed by atoms with E-state index in [2.05, 4.69) is 5.32 Å². The molecular formula is C12H19NO2. The molecule has 1 N–H and O–H groups in total. The highest BCUT2D eigenvalue weighted by molar-refractivity contribution is 5.89. The minimum atomic E-state index is -0.306. The summed E-state index contributed by atoms with van der Waals surface area (Å²) in [5, 5.41) is 2.83. The molecule has 3 nitrogen and oxygen atoms in total. The zero-order valence-electron chi connectivity index (χ0n) is 9.45. The molecule has 0 aromatic carbocycles. The number of hydrogen-bond donors (Lipinski definition) is 1. The Bertz CT molecular complexity index is 277. The lowest BCUT2D eigenvalue weighted by Crippen LogP contribution is -2.41. The summed E-state index contributed by atoms with van der Waals surface area (Å²) >= 11 is 0. The maximum Gasteiger partial charge on any atom is 0.223 e. The molecule has 2 fully saturated rings. The topological polar surface area (TPSA) is 46.2 Å². The van der Waals surface area contributed by atoms with Crippen molar-refractivity contribution in [2.45, 2.75) is 45.6 Å². The van der Waals surface area contributed by atoms with Crippen LogP contribution in [0.4, 0.5) is 0 Å². The van der Waals surface area contributed by atoms with Crippen molar-refractivity contribution >= 4 is 11.7 Å². The van der Waals surface area contributed by atoms with Crippen LogP contribution in [0.1, 0.15) is 39.5 Å². The molecular weight excluding hydrogens is 190 g/mol. The highest BCUT2D eigenvalue weighted by Crippen LogP contribution is 2.54. The normalized spacial score (nSPS) is 34.4. The summed E-state index contributed by atoms with van der Waals surface area (Å²) in [5.41, 5.74) is 0. The molecule has 0 radical (unpaired) electrons. The van der Waals surface area contributed by atoms with Gasteiger partial charge in [0.2, 0.25) is 5.91 Å². The number of ketones is 1. The second kappa shape index (κ2) is 3.95. The van der Waals surface area contributed by atoms with Gasteiger partial charge in [-0.1, -0.05) is 6.92 Å². The summed E-state index contributed by atoms with van der Waals surface area (Å²) in [6, 6.07) is -0.306. The highest BCUT2D eigenvalue weighted by Gasteiger charge is 2.48. The first-order valence-electron chi connectivity index (χ1n) is 5.95. The Labute approximate surface area is 90.6 Å². The van der Waals surface area contributed by atoms with Crippen molar-refractivity contribution in [3.8, 4) is 0 Å². The fourth-order valence-corrected chi connectivity index (χ4v) is 2.65. The van der Waals surface area contributed by atoms with Crippen LogP contribution < -0.4 is 5.32 Å². The van der Waals surface area contributed by atoms with E-state index in [1.807, 2.05) is 6.92 Å². The average Bonchev–Trinajstić information content (AvgIpc) is 2.84. The van der Waals surface area contributed by atoms with Crippen molar-refractivity contribution in [3.05, 3.63) is 0 Å². The van der Waals surface area contributed by atoms with E-state index in [9.17, 15) is 9.59 Å². The van der Waals surface area contributed by atoms with Crippen molar-refractivity contribution in [3.63, 3.8) is 0 Å². The molecule has 2 aliphatic carbocycles. The molecule has 0 heterocycles. The highest BCUT2D eigenvalue weighted by atomic mass is 16.2. The number of Topliss-reactive ketones (excluding diaryl/α,β-unsaturated/α-hetero) is 1. The molecule has 2 saturated carbocycles. The molecule has 3 unspecified atom stereocenters. The van der Waals surface area contributed by atoms with Crippen LogP contribution in [0.25, 0.3) is 0 Å². The number of hydrogen-bond acceptors (Lipinski definition) is 2. The van der Waals surface area contributed by atoms with E-state index in [1.165, 1.54) is 6.42 Å². The summed E-state index contributed by atoms with van der Waals surface area (Å²) in [6.45, 7) is 3.61. The van der Waals surface area contributed by atoms with E-state index in [-0.39, 0.29) is 23.7 Å². The number of nitrogens with one attached hydrogen (secondary N) is 1. The van der Waals surface area contributed by atoms with E-state index >= 15 is 0 Å². The molecule has 15 heavy (non-hydrogen) atoms. The van der Waals surface area contributed by atoms with Crippen LogP contribution in [0, 0.1) is 17.8 Å². The van der Waals surface area contributed by atoms with Gasteiger partial charge < -0.3 is 5.32 Å². The van der Waals surface area contributed by atoms with Gasteiger partial charge >= 0.3 is 0 Å². The first kappa shape index (κ1) is 10.7. The summed E-state index contributed by atoms with van der Waals surface area (Å²) in [6.07, 6.45) is 3.91. The van der Waals surface area contributed by atoms with Gasteiger partial charge in [-0.25, -0.2) is 0 Å². The smallest absolute Gasteiger partial charge is 0.223 e. The summed E-state index contributed by atoms with van der Waals surface area (Å²) in [5.74, 6) is 2.03. The SMILES string of the molecule is CCC(=O)C(C)NC(=O)C1CC2CC2C1. The minimum absolute atomic E-state index is 0.0940. The maximum atomic E-state index is 11.8. The van der Waals surface area contributed by atoms with Crippen molar-refractivity contribution in [2.75, 3.05) is 0 Å². The van der Waals surface area contributed by atoms with Gasteiger partial charge in [-0.05, 0) is 38.0 Å².